The first-order valence-electron chi connectivity index (χ1n) is 6.98. The first kappa shape index (κ1) is 11.5. The van der Waals surface area contributed by atoms with Gasteiger partial charge in [0.25, 0.3) is 5.97 Å². The number of aliphatic carboxylic acids is 1. The number of hydrogen-bond acceptors (Lipinski definition) is 2. The van der Waals surface area contributed by atoms with Crippen LogP contribution >= 0.6 is 0 Å². The summed E-state index contributed by atoms with van der Waals surface area (Å²) in [6.07, 6.45) is 7.78. The zero-order valence-corrected chi connectivity index (χ0v) is 10.6. The van der Waals surface area contributed by atoms with Crippen LogP contribution in [-0.4, -0.2) is 17.6 Å². The standard InChI is InChI=1S/C12H19N.C2H4O2/c13-6-9-7-1-2-10-11(7)8(9)5-12(10)3-4-12;1-2(3)4/h7-11H,1-6,13H2;1H3,(H,3,4)/t7-,8+,9?,10-,11?;/m1./s1. The molecule has 0 aromatic heterocycles. The molecule has 4 aliphatic rings. The van der Waals surface area contributed by atoms with Crippen LogP contribution in [0.3, 0.4) is 0 Å². The quantitative estimate of drug-likeness (QED) is 0.734. The summed E-state index contributed by atoms with van der Waals surface area (Å²) < 4.78 is 0. The maximum absolute atomic E-state index is 9.00. The lowest BCUT2D eigenvalue weighted by Crippen LogP contribution is -2.46. The average Bonchev–Trinajstić information content (AvgIpc) is 2.83. The smallest absolute Gasteiger partial charge is 0.300 e. The minimum atomic E-state index is -0.833. The van der Waals surface area contributed by atoms with E-state index >= 15 is 0 Å². The van der Waals surface area contributed by atoms with Gasteiger partial charge in [0, 0.05) is 6.92 Å². The molecule has 96 valence electrons. The molecule has 0 heterocycles. The van der Waals surface area contributed by atoms with E-state index in [1.165, 1.54) is 6.42 Å². The van der Waals surface area contributed by atoms with Gasteiger partial charge in [-0.1, -0.05) is 0 Å². The zero-order chi connectivity index (χ0) is 12.2. The van der Waals surface area contributed by atoms with Crippen LogP contribution in [0, 0.1) is 35.0 Å². The van der Waals surface area contributed by atoms with Gasteiger partial charge >= 0.3 is 0 Å². The Bertz CT molecular complexity index is 333. The van der Waals surface area contributed by atoms with Gasteiger partial charge in [-0.3, -0.25) is 4.79 Å². The molecule has 0 aromatic rings. The third kappa shape index (κ3) is 1.55. The Hall–Kier alpha value is -0.570. The number of rotatable bonds is 1. The molecule has 2 unspecified atom stereocenters. The Balaban J connectivity index is 0.000000201. The molecule has 0 amide bonds. The summed E-state index contributed by atoms with van der Waals surface area (Å²) in [6, 6.07) is 0. The van der Waals surface area contributed by atoms with Crippen molar-refractivity contribution >= 4 is 5.97 Å². The van der Waals surface area contributed by atoms with Gasteiger partial charge in [-0.05, 0) is 73.7 Å². The van der Waals surface area contributed by atoms with Gasteiger partial charge in [0.1, 0.15) is 0 Å². The summed E-state index contributed by atoms with van der Waals surface area (Å²) in [5.41, 5.74) is 6.77. The van der Waals surface area contributed by atoms with Crippen LogP contribution in [0.5, 0.6) is 0 Å². The topological polar surface area (TPSA) is 63.3 Å². The van der Waals surface area contributed by atoms with Gasteiger partial charge in [0.15, 0.2) is 0 Å². The van der Waals surface area contributed by atoms with Crippen molar-refractivity contribution in [2.24, 2.45) is 40.7 Å². The number of fused-ring (bicyclic) bond motifs is 1. The summed E-state index contributed by atoms with van der Waals surface area (Å²) in [5, 5.41) is 7.42. The lowest BCUT2D eigenvalue weighted by atomic mass is 9.59. The third-order valence-corrected chi connectivity index (χ3v) is 5.96. The Kier molecular flexibility index (Phi) is 2.51. The van der Waals surface area contributed by atoms with E-state index in [1.807, 2.05) is 0 Å². The fourth-order valence-electron chi connectivity index (χ4n) is 5.34. The second-order valence-corrected chi connectivity index (χ2v) is 6.57. The van der Waals surface area contributed by atoms with Crippen LogP contribution < -0.4 is 5.73 Å². The zero-order valence-electron chi connectivity index (χ0n) is 10.6. The number of carboxylic acids is 1. The molecule has 5 atom stereocenters. The molecule has 4 aliphatic carbocycles. The highest BCUT2D eigenvalue weighted by molar-refractivity contribution is 5.62. The van der Waals surface area contributed by atoms with Gasteiger partial charge < -0.3 is 10.8 Å². The Morgan fingerprint density at radius 3 is 2.53 bits per heavy atom. The molecule has 4 rings (SSSR count). The van der Waals surface area contributed by atoms with Crippen molar-refractivity contribution in [3.8, 4) is 0 Å². The average molecular weight is 237 g/mol. The Labute approximate surface area is 103 Å². The molecule has 0 radical (unpaired) electrons. The van der Waals surface area contributed by atoms with E-state index in [4.69, 9.17) is 15.6 Å². The largest absolute Gasteiger partial charge is 0.481 e. The fraction of sp³-hybridized carbons (Fsp3) is 0.929. The first-order chi connectivity index (χ1) is 8.09. The highest BCUT2D eigenvalue weighted by Crippen LogP contribution is 2.77. The van der Waals surface area contributed by atoms with E-state index in [2.05, 4.69) is 0 Å². The lowest BCUT2D eigenvalue weighted by molar-refractivity contribution is -0.134. The molecule has 0 saturated heterocycles. The monoisotopic (exact) mass is 237 g/mol. The van der Waals surface area contributed by atoms with E-state index in [1.54, 1.807) is 25.7 Å². The maximum Gasteiger partial charge on any atom is 0.300 e. The molecule has 0 aliphatic heterocycles. The minimum Gasteiger partial charge on any atom is -0.481 e. The third-order valence-electron chi connectivity index (χ3n) is 5.96. The van der Waals surface area contributed by atoms with Crippen molar-refractivity contribution < 1.29 is 9.90 Å². The van der Waals surface area contributed by atoms with Crippen molar-refractivity contribution in [3.05, 3.63) is 0 Å². The van der Waals surface area contributed by atoms with Crippen molar-refractivity contribution in [3.63, 3.8) is 0 Å². The van der Waals surface area contributed by atoms with E-state index < -0.39 is 5.97 Å². The molecule has 3 nitrogen and oxygen atoms in total. The van der Waals surface area contributed by atoms with Crippen molar-refractivity contribution in [2.75, 3.05) is 6.54 Å². The van der Waals surface area contributed by atoms with Gasteiger partial charge in [0.2, 0.25) is 0 Å². The van der Waals surface area contributed by atoms with Crippen LogP contribution in [-0.2, 0) is 4.79 Å². The number of carboxylic acid groups (broad SMARTS) is 1. The van der Waals surface area contributed by atoms with Gasteiger partial charge in [0.05, 0.1) is 0 Å². The molecule has 4 fully saturated rings. The van der Waals surface area contributed by atoms with E-state index in [-0.39, 0.29) is 0 Å². The molecular formula is C14H23NO2. The summed E-state index contributed by atoms with van der Waals surface area (Å²) in [7, 11) is 0. The number of carbonyl (C=O) groups is 1. The molecule has 1 spiro atoms. The van der Waals surface area contributed by atoms with Crippen LogP contribution in [0.1, 0.15) is 39.0 Å². The SMILES string of the molecule is CC(=O)O.NCC1[C@H]2CC[C@@H]3C2[C@H]1CC31CC1. The lowest BCUT2D eigenvalue weighted by Gasteiger charge is -2.46. The minimum absolute atomic E-state index is 0.833. The highest BCUT2D eigenvalue weighted by atomic mass is 16.4. The number of nitrogens with two attached hydrogens (primary N) is 1. The fourth-order valence-corrected chi connectivity index (χ4v) is 5.34. The summed E-state index contributed by atoms with van der Waals surface area (Å²) >= 11 is 0. The van der Waals surface area contributed by atoms with Crippen molar-refractivity contribution in [2.45, 2.75) is 39.0 Å². The van der Waals surface area contributed by atoms with Gasteiger partial charge in [-0.2, -0.15) is 0 Å². The van der Waals surface area contributed by atoms with E-state index in [9.17, 15) is 0 Å². The summed E-state index contributed by atoms with van der Waals surface area (Å²) in [6.45, 7) is 2.06. The van der Waals surface area contributed by atoms with Crippen LogP contribution in [0.4, 0.5) is 0 Å². The Morgan fingerprint density at radius 1 is 1.35 bits per heavy atom. The molecule has 17 heavy (non-hydrogen) atoms. The van der Waals surface area contributed by atoms with Crippen LogP contribution in [0.25, 0.3) is 0 Å². The van der Waals surface area contributed by atoms with Gasteiger partial charge in [-0.25, -0.2) is 0 Å². The normalized spacial score (nSPS) is 46.8. The Morgan fingerprint density at radius 2 is 2.00 bits per heavy atom. The predicted octanol–water partition coefficient (Wildman–Crippen LogP) is 2.11. The first-order valence-corrected chi connectivity index (χ1v) is 6.98. The highest BCUT2D eigenvalue weighted by Gasteiger charge is 2.69. The second-order valence-electron chi connectivity index (χ2n) is 6.57. The molecule has 4 saturated carbocycles. The molecule has 3 N–H and O–H groups in total. The molecule has 0 aromatic carbocycles. The van der Waals surface area contributed by atoms with E-state index in [0.717, 1.165) is 48.5 Å². The predicted molar refractivity (Wildman–Crippen MR) is 65.3 cm³/mol. The summed E-state index contributed by atoms with van der Waals surface area (Å²) in [4.78, 5) is 9.00. The molecule has 3 heteroatoms. The van der Waals surface area contributed by atoms with Gasteiger partial charge in [-0.15, -0.1) is 0 Å². The molecule has 0 bridgehead atoms. The number of hydrogen-bond donors (Lipinski definition) is 2. The van der Waals surface area contributed by atoms with E-state index in [0.29, 0.717) is 0 Å². The van der Waals surface area contributed by atoms with Crippen LogP contribution in [0.2, 0.25) is 0 Å². The van der Waals surface area contributed by atoms with Crippen molar-refractivity contribution in [1.82, 2.24) is 0 Å². The van der Waals surface area contributed by atoms with Crippen molar-refractivity contribution in [1.29, 1.82) is 0 Å². The second kappa shape index (κ2) is 3.71. The van der Waals surface area contributed by atoms with Crippen LogP contribution in [0.15, 0.2) is 0 Å². The summed E-state index contributed by atoms with van der Waals surface area (Å²) in [5.74, 6) is 4.56. The molecular weight excluding hydrogens is 214 g/mol. The maximum atomic E-state index is 9.00.